The van der Waals surface area contributed by atoms with Gasteiger partial charge in [0.2, 0.25) is 0 Å². The van der Waals surface area contributed by atoms with Gasteiger partial charge in [-0.15, -0.1) is 0 Å². The molecule has 0 bridgehead atoms. The number of carbonyl (C=O) groups is 1. The smallest absolute Gasteiger partial charge is 0.410 e. The lowest BCUT2D eigenvalue weighted by atomic mass is 9.47. The van der Waals surface area contributed by atoms with E-state index in [1.165, 1.54) is 57.7 Å². The van der Waals surface area contributed by atoms with Crippen molar-refractivity contribution in [1.82, 2.24) is 20.9 Å². The van der Waals surface area contributed by atoms with E-state index in [9.17, 15) is 4.79 Å². The Hall–Kier alpha value is -1.60. The molecular weight excluding hydrogens is 522 g/mol. The molecule has 8 unspecified atom stereocenters. The summed E-state index contributed by atoms with van der Waals surface area (Å²) in [5.74, 6) is 5.07. The van der Waals surface area contributed by atoms with Crippen LogP contribution in [0.1, 0.15) is 105 Å². The molecule has 3 fully saturated rings. The molecule has 0 aliphatic heterocycles. The van der Waals surface area contributed by atoms with Crippen LogP contribution in [0.3, 0.4) is 0 Å². The first-order chi connectivity index (χ1) is 20.1. The lowest BCUT2D eigenvalue weighted by molar-refractivity contribution is -0.0593. The van der Waals surface area contributed by atoms with Crippen LogP contribution in [0.5, 0.6) is 0 Å². The van der Waals surface area contributed by atoms with Crippen LogP contribution in [0, 0.1) is 51.7 Å². The highest BCUT2D eigenvalue weighted by Crippen LogP contribution is 2.67. The normalized spacial score (nSPS) is 34.5. The van der Waals surface area contributed by atoms with E-state index in [-0.39, 0.29) is 17.6 Å². The number of ether oxygens (including phenoxy) is 1. The highest BCUT2D eigenvalue weighted by molar-refractivity contribution is 5.68. The van der Waals surface area contributed by atoms with Gasteiger partial charge in [-0.1, -0.05) is 65.5 Å². The fourth-order valence-corrected chi connectivity index (χ4v) is 9.94. The van der Waals surface area contributed by atoms with Gasteiger partial charge in [0.15, 0.2) is 0 Å². The van der Waals surface area contributed by atoms with Crippen molar-refractivity contribution in [3.63, 3.8) is 0 Å². The van der Waals surface area contributed by atoms with E-state index < -0.39 is 0 Å². The molecule has 7 heteroatoms. The fraction of sp³-hybridized carbons (Fsp3) is 0.886. The number of allylic oxidation sites excluding steroid dienone is 1. The SMILES string of the molecule is CNCCN(CCNCNC=N)C(=O)OC1CCC2(C)C(=CCC3C2CCC2(C)C(C(C)CCCC(C)C)CCC32)C1. The van der Waals surface area contributed by atoms with Gasteiger partial charge in [-0.25, -0.2) is 4.79 Å². The van der Waals surface area contributed by atoms with Crippen LogP contribution in [-0.2, 0) is 4.74 Å². The van der Waals surface area contributed by atoms with Crippen LogP contribution in [0.25, 0.3) is 0 Å². The molecule has 0 saturated heterocycles. The molecule has 42 heavy (non-hydrogen) atoms. The second-order valence-electron chi connectivity index (χ2n) is 15.2. The lowest BCUT2D eigenvalue weighted by Gasteiger charge is -2.58. The van der Waals surface area contributed by atoms with E-state index in [4.69, 9.17) is 10.1 Å². The van der Waals surface area contributed by atoms with Crippen LogP contribution < -0.4 is 16.0 Å². The Morgan fingerprint density at radius 3 is 2.62 bits per heavy atom. The Kier molecular flexibility index (Phi) is 11.8. The van der Waals surface area contributed by atoms with Crippen molar-refractivity contribution in [2.45, 2.75) is 111 Å². The highest BCUT2D eigenvalue weighted by atomic mass is 16.6. The van der Waals surface area contributed by atoms with Gasteiger partial charge in [0, 0.05) is 32.6 Å². The van der Waals surface area contributed by atoms with E-state index >= 15 is 0 Å². The first-order valence-corrected chi connectivity index (χ1v) is 17.4. The third-order valence-electron chi connectivity index (χ3n) is 12.3. The maximum absolute atomic E-state index is 13.2. The fourth-order valence-electron chi connectivity index (χ4n) is 9.94. The number of likely N-dealkylation sites (N-methyl/N-ethyl adjacent to an activating group) is 1. The minimum absolute atomic E-state index is 0.0191. The van der Waals surface area contributed by atoms with E-state index in [1.807, 2.05) is 11.9 Å². The van der Waals surface area contributed by atoms with Crippen molar-refractivity contribution in [3.05, 3.63) is 11.6 Å². The number of hydrogen-bond acceptors (Lipinski definition) is 5. The van der Waals surface area contributed by atoms with E-state index in [1.54, 1.807) is 5.57 Å². The number of nitrogens with one attached hydrogen (secondary N) is 4. The van der Waals surface area contributed by atoms with Crippen molar-refractivity contribution in [2.24, 2.45) is 46.3 Å². The highest BCUT2D eigenvalue weighted by Gasteiger charge is 2.59. The zero-order valence-corrected chi connectivity index (χ0v) is 27.8. The Morgan fingerprint density at radius 1 is 1.10 bits per heavy atom. The molecule has 4 aliphatic rings. The van der Waals surface area contributed by atoms with Gasteiger partial charge in [0.25, 0.3) is 0 Å². The Balaban J connectivity index is 1.35. The molecule has 7 nitrogen and oxygen atoms in total. The van der Waals surface area contributed by atoms with E-state index in [2.05, 4.69) is 56.6 Å². The molecule has 0 spiro atoms. The molecule has 0 radical (unpaired) electrons. The van der Waals surface area contributed by atoms with Crippen LogP contribution in [0.4, 0.5) is 4.79 Å². The zero-order valence-electron chi connectivity index (χ0n) is 27.8. The van der Waals surface area contributed by atoms with Crippen LogP contribution in [0.15, 0.2) is 11.6 Å². The van der Waals surface area contributed by atoms with Crippen molar-refractivity contribution in [2.75, 3.05) is 39.9 Å². The number of rotatable bonds is 15. The average molecular weight is 586 g/mol. The maximum atomic E-state index is 13.2. The number of amides is 1. The second kappa shape index (κ2) is 14.9. The molecule has 4 aliphatic carbocycles. The third-order valence-corrected chi connectivity index (χ3v) is 12.3. The van der Waals surface area contributed by atoms with Crippen molar-refractivity contribution in [3.8, 4) is 0 Å². The van der Waals surface area contributed by atoms with Gasteiger partial charge >= 0.3 is 6.09 Å². The number of hydrogen-bond donors (Lipinski definition) is 4. The van der Waals surface area contributed by atoms with E-state index in [0.717, 1.165) is 61.3 Å². The summed E-state index contributed by atoms with van der Waals surface area (Å²) in [7, 11) is 1.91. The summed E-state index contributed by atoms with van der Waals surface area (Å²) in [6, 6.07) is 0. The van der Waals surface area contributed by atoms with Crippen molar-refractivity contribution in [1.29, 1.82) is 5.41 Å². The number of carbonyl (C=O) groups excluding carboxylic acids is 1. The standard InChI is InChI=1S/C35H63N5O2/c1-25(2)8-7-9-26(3)30-12-13-31-29-11-10-27-22-28(14-16-34(27,4)32(29)15-17-35(30,31)5)42-33(41)40(20-18-37-6)21-19-38-24-39-23-36/h10,23,25-26,28-32,37-38H,7-9,11-22,24H2,1-6H3,(H2,36,39). The van der Waals surface area contributed by atoms with E-state index in [0.29, 0.717) is 31.7 Å². The van der Waals surface area contributed by atoms with Gasteiger partial charge < -0.3 is 20.3 Å². The molecular formula is C35H63N5O2. The average Bonchev–Trinajstić information content (AvgIpc) is 3.31. The van der Waals surface area contributed by atoms with Crippen LogP contribution >= 0.6 is 0 Å². The molecule has 0 aromatic rings. The minimum Gasteiger partial charge on any atom is -0.446 e. The summed E-state index contributed by atoms with van der Waals surface area (Å²) in [5, 5.41) is 16.3. The predicted octanol–water partition coefficient (Wildman–Crippen LogP) is 6.80. The minimum atomic E-state index is -0.192. The molecule has 1 amide bonds. The molecule has 8 atom stereocenters. The van der Waals surface area contributed by atoms with Gasteiger partial charge in [0.1, 0.15) is 6.10 Å². The first-order valence-electron chi connectivity index (χ1n) is 17.4. The largest absolute Gasteiger partial charge is 0.446 e. The summed E-state index contributed by atoms with van der Waals surface area (Å²) in [6.45, 7) is 15.7. The zero-order chi connectivity index (χ0) is 30.3. The molecule has 4 rings (SSSR count). The maximum Gasteiger partial charge on any atom is 0.410 e. The second-order valence-corrected chi connectivity index (χ2v) is 15.2. The van der Waals surface area contributed by atoms with Crippen molar-refractivity contribution < 1.29 is 9.53 Å². The topological polar surface area (TPSA) is 89.5 Å². The Labute approximate surface area is 257 Å². The lowest BCUT2D eigenvalue weighted by Crippen LogP contribution is -2.51. The molecule has 3 saturated carbocycles. The summed E-state index contributed by atoms with van der Waals surface area (Å²) >= 11 is 0. The molecule has 240 valence electrons. The van der Waals surface area contributed by atoms with Crippen LogP contribution in [0.2, 0.25) is 0 Å². The summed E-state index contributed by atoms with van der Waals surface area (Å²) in [6.07, 6.45) is 17.7. The number of nitrogens with zero attached hydrogens (tertiary/aromatic N) is 1. The summed E-state index contributed by atoms with van der Waals surface area (Å²) in [4.78, 5) is 15.0. The molecule has 0 aromatic heterocycles. The van der Waals surface area contributed by atoms with Gasteiger partial charge in [-0.2, -0.15) is 0 Å². The summed E-state index contributed by atoms with van der Waals surface area (Å²) < 4.78 is 6.17. The Morgan fingerprint density at radius 2 is 1.88 bits per heavy atom. The van der Waals surface area contributed by atoms with Gasteiger partial charge in [-0.3, -0.25) is 10.7 Å². The van der Waals surface area contributed by atoms with Crippen LogP contribution in [-0.4, -0.2) is 63.3 Å². The third kappa shape index (κ3) is 7.36. The van der Waals surface area contributed by atoms with Gasteiger partial charge in [0.05, 0.1) is 13.0 Å². The molecule has 0 aromatic carbocycles. The first kappa shape index (κ1) is 33.3. The molecule has 0 heterocycles. The number of fused-ring (bicyclic) bond motifs is 5. The predicted molar refractivity (Wildman–Crippen MR) is 174 cm³/mol. The monoisotopic (exact) mass is 585 g/mol. The Bertz CT molecular complexity index is 923. The van der Waals surface area contributed by atoms with Crippen molar-refractivity contribution >= 4 is 12.4 Å². The quantitative estimate of drug-likeness (QED) is 0.0558. The summed E-state index contributed by atoms with van der Waals surface area (Å²) in [5.41, 5.74) is 2.37. The molecule has 4 N–H and O–H groups in total. The van der Waals surface area contributed by atoms with Gasteiger partial charge in [-0.05, 0) is 98.3 Å².